The summed E-state index contributed by atoms with van der Waals surface area (Å²) in [5.74, 6) is 0. The van der Waals surface area contributed by atoms with Crippen molar-refractivity contribution < 1.29 is 4.79 Å². The molecule has 0 atom stereocenters. The third kappa shape index (κ3) is 3.99. The molecule has 1 fully saturated rings. The van der Waals surface area contributed by atoms with E-state index >= 15 is 0 Å². The molecule has 1 rings (SSSR count). The highest BCUT2D eigenvalue weighted by Gasteiger charge is 2.18. The molecule has 1 saturated carbocycles. The van der Waals surface area contributed by atoms with Gasteiger partial charge >= 0.3 is 0 Å². The molecule has 1 aliphatic carbocycles. The number of rotatable bonds is 4. The molecule has 3 heteroatoms. The molecule has 78 valence electrons. The number of carbonyl (C=O) groups excluding carboxylic acids is 1. The Morgan fingerprint density at radius 1 is 1.31 bits per heavy atom. The minimum Gasteiger partial charge on any atom is -0.342 e. The van der Waals surface area contributed by atoms with Crippen molar-refractivity contribution in [3.05, 3.63) is 0 Å². The number of nitrogens with zero attached hydrogens (tertiary/aromatic N) is 1. The Hall–Kier alpha value is -0.240. The van der Waals surface area contributed by atoms with Crippen LogP contribution >= 0.6 is 12.4 Å². The second-order valence-electron chi connectivity index (χ2n) is 3.64. The average Bonchev–Trinajstić information content (AvgIpc) is 2.15. The second-order valence-corrected chi connectivity index (χ2v) is 3.64. The van der Waals surface area contributed by atoms with Gasteiger partial charge < -0.3 is 4.90 Å². The lowest BCUT2D eigenvalue weighted by Gasteiger charge is -2.31. The van der Waals surface area contributed by atoms with Crippen molar-refractivity contribution in [3.8, 4) is 0 Å². The molecular formula is C10H20ClNO. The first-order valence-electron chi connectivity index (χ1n) is 5.09. The topological polar surface area (TPSA) is 20.3 Å². The number of hydrogen-bond acceptors (Lipinski definition) is 1. The van der Waals surface area contributed by atoms with Gasteiger partial charge in [0.25, 0.3) is 0 Å². The number of amides is 1. The maximum atomic E-state index is 10.7. The molecule has 0 unspecified atom stereocenters. The lowest BCUT2D eigenvalue weighted by atomic mass is 9.94. The normalized spacial score (nSPS) is 17.6. The van der Waals surface area contributed by atoms with Crippen LogP contribution in [0.5, 0.6) is 0 Å². The molecule has 0 aliphatic heterocycles. The minimum atomic E-state index is 0. The fraction of sp³-hybridized carbons (Fsp3) is 0.900. The van der Waals surface area contributed by atoms with Crippen molar-refractivity contribution in [2.75, 3.05) is 6.54 Å². The molecule has 0 aromatic rings. The van der Waals surface area contributed by atoms with Crippen LogP contribution in [0.25, 0.3) is 0 Å². The zero-order chi connectivity index (χ0) is 8.81. The summed E-state index contributed by atoms with van der Waals surface area (Å²) in [7, 11) is 0. The molecule has 0 N–H and O–H groups in total. The lowest BCUT2D eigenvalue weighted by molar-refractivity contribution is -0.120. The molecule has 0 aromatic heterocycles. The molecular weight excluding hydrogens is 186 g/mol. The molecule has 0 spiro atoms. The van der Waals surface area contributed by atoms with E-state index < -0.39 is 0 Å². The molecule has 0 heterocycles. The second kappa shape index (κ2) is 7.19. The van der Waals surface area contributed by atoms with Gasteiger partial charge in [-0.25, -0.2) is 0 Å². The third-order valence-electron chi connectivity index (χ3n) is 2.66. The van der Waals surface area contributed by atoms with Crippen LogP contribution in [0.1, 0.15) is 45.4 Å². The maximum absolute atomic E-state index is 10.7. The minimum absolute atomic E-state index is 0. The largest absolute Gasteiger partial charge is 0.342 e. The first-order chi connectivity index (χ1) is 5.88. The van der Waals surface area contributed by atoms with Gasteiger partial charge in [-0.15, -0.1) is 12.4 Å². The van der Waals surface area contributed by atoms with Crippen LogP contribution in [-0.4, -0.2) is 23.9 Å². The van der Waals surface area contributed by atoms with Crippen molar-refractivity contribution >= 4 is 18.8 Å². The Morgan fingerprint density at radius 2 is 1.92 bits per heavy atom. The van der Waals surface area contributed by atoms with E-state index in [9.17, 15) is 4.79 Å². The molecule has 2 nitrogen and oxygen atoms in total. The molecule has 13 heavy (non-hydrogen) atoms. The van der Waals surface area contributed by atoms with E-state index in [1.165, 1.54) is 32.1 Å². The maximum Gasteiger partial charge on any atom is 0.209 e. The Morgan fingerprint density at radius 3 is 2.38 bits per heavy atom. The zero-order valence-electron chi connectivity index (χ0n) is 8.37. The molecule has 0 saturated heterocycles. The molecule has 0 bridgehead atoms. The SMILES string of the molecule is CCCN(C=O)C1CCCCC1.Cl. The first kappa shape index (κ1) is 12.8. The summed E-state index contributed by atoms with van der Waals surface area (Å²) in [6.07, 6.45) is 8.51. The van der Waals surface area contributed by atoms with Crippen LogP contribution in [0, 0.1) is 0 Å². The van der Waals surface area contributed by atoms with Gasteiger partial charge in [0.05, 0.1) is 0 Å². The number of halogens is 1. The van der Waals surface area contributed by atoms with E-state index in [0.29, 0.717) is 6.04 Å². The molecule has 0 aromatic carbocycles. The highest BCUT2D eigenvalue weighted by Crippen LogP contribution is 2.21. The Bertz CT molecular complexity index is 135. The summed E-state index contributed by atoms with van der Waals surface area (Å²) < 4.78 is 0. The number of hydrogen-bond donors (Lipinski definition) is 0. The van der Waals surface area contributed by atoms with Crippen LogP contribution in [-0.2, 0) is 4.79 Å². The predicted molar refractivity (Wildman–Crippen MR) is 57.2 cm³/mol. The monoisotopic (exact) mass is 205 g/mol. The summed E-state index contributed by atoms with van der Waals surface area (Å²) in [5.41, 5.74) is 0. The fourth-order valence-corrected chi connectivity index (χ4v) is 1.99. The van der Waals surface area contributed by atoms with E-state index in [1.54, 1.807) is 0 Å². The number of carbonyl (C=O) groups is 1. The van der Waals surface area contributed by atoms with Crippen LogP contribution in [0.2, 0.25) is 0 Å². The summed E-state index contributed by atoms with van der Waals surface area (Å²) in [6, 6.07) is 0.552. The zero-order valence-corrected chi connectivity index (χ0v) is 9.18. The molecule has 1 amide bonds. The standard InChI is InChI=1S/C10H19NO.ClH/c1-2-8-11(9-12)10-6-4-3-5-7-10;/h9-10H,2-8H2,1H3;1H. The van der Waals surface area contributed by atoms with Gasteiger partial charge in [-0.1, -0.05) is 26.2 Å². The van der Waals surface area contributed by atoms with Crippen molar-refractivity contribution in [2.24, 2.45) is 0 Å². The average molecular weight is 206 g/mol. The van der Waals surface area contributed by atoms with E-state index in [0.717, 1.165) is 19.4 Å². The predicted octanol–water partition coefficient (Wildman–Crippen LogP) is 2.61. The van der Waals surface area contributed by atoms with Crippen LogP contribution in [0.3, 0.4) is 0 Å². The van der Waals surface area contributed by atoms with Gasteiger partial charge in [-0.2, -0.15) is 0 Å². The quantitative estimate of drug-likeness (QED) is 0.647. The molecule has 0 radical (unpaired) electrons. The summed E-state index contributed by atoms with van der Waals surface area (Å²) in [5, 5.41) is 0. The van der Waals surface area contributed by atoms with Crippen LogP contribution < -0.4 is 0 Å². The summed E-state index contributed by atoms with van der Waals surface area (Å²) >= 11 is 0. The van der Waals surface area contributed by atoms with E-state index in [-0.39, 0.29) is 12.4 Å². The van der Waals surface area contributed by atoms with Crippen molar-refractivity contribution in [3.63, 3.8) is 0 Å². The Labute approximate surface area is 87.1 Å². The lowest BCUT2D eigenvalue weighted by Crippen LogP contribution is -2.36. The highest BCUT2D eigenvalue weighted by atomic mass is 35.5. The van der Waals surface area contributed by atoms with Crippen LogP contribution in [0.15, 0.2) is 0 Å². The van der Waals surface area contributed by atoms with Gasteiger partial charge in [0.15, 0.2) is 0 Å². The molecule has 1 aliphatic rings. The van der Waals surface area contributed by atoms with Crippen molar-refractivity contribution in [2.45, 2.75) is 51.5 Å². The van der Waals surface area contributed by atoms with E-state index in [4.69, 9.17) is 0 Å². The van der Waals surface area contributed by atoms with Gasteiger partial charge in [0.1, 0.15) is 0 Å². The van der Waals surface area contributed by atoms with Gasteiger partial charge in [-0.05, 0) is 19.3 Å². The van der Waals surface area contributed by atoms with Crippen molar-refractivity contribution in [1.82, 2.24) is 4.90 Å². The van der Waals surface area contributed by atoms with Gasteiger partial charge in [0, 0.05) is 12.6 Å². The smallest absolute Gasteiger partial charge is 0.209 e. The summed E-state index contributed by atoms with van der Waals surface area (Å²) in [6.45, 7) is 3.06. The van der Waals surface area contributed by atoms with Crippen molar-refractivity contribution in [1.29, 1.82) is 0 Å². The van der Waals surface area contributed by atoms with E-state index in [2.05, 4.69) is 6.92 Å². The highest BCUT2D eigenvalue weighted by molar-refractivity contribution is 5.85. The van der Waals surface area contributed by atoms with Gasteiger partial charge in [0.2, 0.25) is 6.41 Å². The summed E-state index contributed by atoms with van der Waals surface area (Å²) in [4.78, 5) is 12.7. The Kier molecular flexibility index (Phi) is 7.06. The third-order valence-corrected chi connectivity index (χ3v) is 2.66. The fourth-order valence-electron chi connectivity index (χ4n) is 1.99. The first-order valence-corrected chi connectivity index (χ1v) is 5.09. The van der Waals surface area contributed by atoms with E-state index in [1.807, 2.05) is 4.90 Å². The van der Waals surface area contributed by atoms with Crippen LogP contribution in [0.4, 0.5) is 0 Å². The van der Waals surface area contributed by atoms with Gasteiger partial charge in [-0.3, -0.25) is 4.79 Å². The Balaban J connectivity index is 0.00000144.